The van der Waals surface area contributed by atoms with Crippen molar-refractivity contribution in [1.29, 1.82) is 0 Å². The zero-order chi connectivity index (χ0) is 21.3. The van der Waals surface area contributed by atoms with E-state index in [2.05, 4.69) is 15.6 Å². The monoisotopic (exact) mass is 406 g/mol. The molecule has 1 saturated carbocycles. The molecule has 7 nitrogen and oxygen atoms in total. The molecule has 2 heterocycles. The number of carbonyl (C=O) groups excluding carboxylic acids is 2. The zero-order valence-corrected chi connectivity index (χ0v) is 16.1. The van der Waals surface area contributed by atoms with Gasteiger partial charge in [0.05, 0.1) is 23.5 Å². The van der Waals surface area contributed by atoms with Crippen molar-refractivity contribution in [2.75, 3.05) is 25.0 Å². The zero-order valence-electron chi connectivity index (χ0n) is 16.1. The fourth-order valence-corrected chi connectivity index (χ4v) is 3.04. The smallest absolute Gasteiger partial charge is 0.322 e. The Morgan fingerprint density at radius 3 is 2.41 bits per heavy atom. The third-order valence-electron chi connectivity index (χ3n) is 4.42. The van der Waals surface area contributed by atoms with Crippen molar-refractivity contribution in [2.45, 2.75) is 25.3 Å². The van der Waals surface area contributed by atoms with E-state index in [0.29, 0.717) is 13.0 Å². The molecule has 156 valence electrons. The van der Waals surface area contributed by atoms with Crippen LogP contribution in [0.25, 0.3) is 0 Å². The highest BCUT2D eigenvalue weighted by atomic mass is 19.1. The van der Waals surface area contributed by atoms with Gasteiger partial charge in [-0.15, -0.1) is 0 Å². The average molecular weight is 406 g/mol. The highest BCUT2D eigenvalue weighted by Gasteiger charge is 2.55. The Balaban J connectivity index is 0.000000181. The number of rotatable bonds is 4. The van der Waals surface area contributed by atoms with Gasteiger partial charge in [-0.2, -0.15) is 0 Å². The summed E-state index contributed by atoms with van der Waals surface area (Å²) < 4.78 is 23.9. The van der Waals surface area contributed by atoms with E-state index in [1.165, 1.54) is 18.2 Å². The highest BCUT2D eigenvalue weighted by Crippen LogP contribution is 2.54. The summed E-state index contributed by atoms with van der Waals surface area (Å²) in [7, 11) is 0. The van der Waals surface area contributed by atoms with Crippen LogP contribution in [0.15, 0.2) is 42.6 Å². The lowest BCUT2D eigenvalue weighted by Gasteiger charge is -2.36. The number of pyridine rings is 1. The predicted octanol–water partition coefficient (Wildman–Crippen LogP) is 2.63. The molecule has 1 aromatic carbocycles. The second kappa shape index (κ2) is 10.5. The van der Waals surface area contributed by atoms with Gasteiger partial charge in [-0.05, 0) is 44.0 Å². The molecule has 2 aliphatic rings. The first kappa shape index (κ1) is 22.2. The molecule has 1 spiro atoms. The number of carbonyl (C=O) groups is 2. The fourth-order valence-electron chi connectivity index (χ4n) is 3.04. The molecule has 2 aromatic rings. The van der Waals surface area contributed by atoms with Crippen LogP contribution in [-0.2, 0) is 10.3 Å². The van der Waals surface area contributed by atoms with Gasteiger partial charge >= 0.3 is 6.03 Å². The van der Waals surface area contributed by atoms with Gasteiger partial charge in [-0.25, -0.2) is 13.6 Å². The Morgan fingerprint density at radius 2 is 1.97 bits per heavy atom. The molecule has 0 saturated heterocycles. The normalized spacial score (nSPS) is 15.0. The minimum atomic E-state index is -0.537. The number of urea groups is 1. The van der Waals surface area contributed by atoms with Gasteiger partial charge in [0.2, 0.25) is 6.41 Å². The van der Waals surface area contributed by atoms with Crippen molar-refractivity contribution in [3.63, 3.8) is 0 Å². The Labute approximate surface area is 167 Å². The van der Waals surface area contributed by atoms with Crippen LogP contribution in [0.5, 0.6) is 0 Å². The minimum Gasteiger partial charge on any atom is -0.395 e. The van der Waals surface area contributed by atoms with Gasteiger partial charge < -0.3 is 20.6 Å². The maximum absolute atomic E-state index is 11.9. The van der Waals surface area contributed by atoms with E-state index in [1.54, 1.807) is 6.20 Å². The summed E-state index contributed by atoms with van der Waals surface area (Å²) in [5.41, 5.74) is 1.82. The van der Waals surface area contributed by atoms with Crippen molar-refractivity contribution in [3.05, 3.63) is 59.9 Å². The Kier molecular flexibility index (Phi) is 8.02. The second-order valence-corrected chi connectivity index (χ2v) is 6.34. The third-order valence-corrected chi connectivity index (χ3v) is 4.42. The lowest BCUT2D eigenvalue weighted by molar-refractivity contribution is -0.109. The highest BCUT2D eigenvalue weighted by molar-refractivity contribution is 5.93. The lowest BCUT2D eigenvalue weighted by atomic mass is 10.1. The predicted molar refractivity (Wildman–Crippen MR) is 104 cm³/mol. The standard InChI is InChI=1S/C11H13N3O.C6H4F2.C3H7NO2/c1-2-14-10(15)13-8-4-3-7-12-9(8)11(14)5-6-11;7-5-2-1-3-6(8)4-5;5-2-1-4-3-6/h3-4,7H,2,5-6H2,1H3,(H,13,15);1-4H;3,5H,1-2H2,(H,4,6). The van der Waals surface area contributed by atoms with Crippen molar-refractivity contribution >= 4 is 18.1 Å². The summed E-state index contributed by atoms with van der Waals surface area (Å²) in [6.07, 6.45) is 4.43. The van der Waals surface area contributed by atoms with Gasteiger partial charge in [0.25, 0.3) is 0 Å². The van der Waals surface area contributed by atoms with Crippen molar-refractivity contribution < 1.29 is 23.5 Å². The van der Waals surface area contributed by atoms with E-state index in [-0.39, 0.29) is 18.2 Å². The number of fused-ring (bicyclic) bond motifs is 2. The summed E-state index contributed by atoms with van der Waals surface area (Å²) in [4.78, 5) is 27.5. The Morgan fingerprint density at radius 1 is 1.28 bits per heavy atom. The third kappa shape index (κ3) is 5.71. The molecular formula is C20H24F2N4O3. The largest absolute Gasteiger partial charge is 0.395 e. The number of nitrogens with one attached hydrogen (secondary N) is 2. The number of aromatic nitrogens is 1. The molecule has 1 aromatic heterocycles. The van der Waals surface area contributed by atoms with Gasteiger partial charge in [-0.3, -0.25) is 9.78 Å². The van der Waals surface area contributed by atoms with E-state index in [0.717, 1.165) is 36.8 Å². The van der Waals surface area contributed by atoms with Crippen molar-refractivity contribution in [3.8, 4) is 0 Å². The van der Waals surface area contributed by atoms with Crippen LogP contribution in [0, 0.1) is 11.6 Å². The molecule has 0 bridgehead atoms. The van der Waals surface area contributed by atoms with Crippen LogP contribution < -0.4 is 10.6 Å². The number of anilines is 1. The van der Waals surface area contributed by atoms with Crippen LogP contribution >= 0.6 is 0 Å². The molecule has 3 amide bonds. The van der Waals surface area contributed by atoms with Crippen molar-refractivity contribution in [2.24, 2.45) is 0 Å². The maximum atomic E-state index is 11.9. The van der Waals surface area contributed by atoms with Crippen LogP contribution in [0.2, 0.25) is 0 Å². The first-order chi connectivity index (χ1) is 14.0. The summed E-state index contributed by atoms with van der Waals surface area (Å²) in [5, 5.41) is 13.1. The number of halogens is 2. The average Bonchev–Trinajstić information content (AvgIpc) is 3.48. The molecule has 0 unspecified atom stereocenters. The first-order valence-corrected chi connectivity index (χ1v) is 9.21. The fraction of sp³-hybridized carbons (Fsp3) is 0.350. The quantitative estimate of drug-likeness (QED) is 0.537. The van der Waals surface area contributed by atoms with Gasteiger partial charge in [-0.1, -0.05) is 6.07 Å². The van der Waals surface area contributed by atoms with Crippen LogP contribution in [0.4, 0.5) is 19.3 Å². The molecule has 1 fully saturated rings. The first-order valence-electron chi connectivity index (χ1n) is 9.21. The number of benzene rings is 1. The molecule has 29 heavy (non-hydrogen) atoms. The Bertz CT molecular complexity index is 814. The van der Waals surface area contributed by atoms with Crippen LogP contribution in [-0.4, -0.2) is 47.1 Å². The van der Waals surface area contributed by atoms with Gasteiger partial charge in [0.1, 0.15) is 11.6 Å². The van der Waals surface area contributed by atoms with E-state index < -0.39 is 11.6 Å². The van der Waals surface area contributed by atoms with Crippen molar-refractivity contribution in [1.82, 2.24) is 15.2 Å². The number of amides is 3. The van der Waals surface area contributed by atoms with Crippen LogP contribution in [0.3, 0.4) is 0 Å². The maximum Gasteiger partial charge on any atom is 0.322 e. The van der Waals surface area contributed by atoms with E-state index in [4.69, 9.17) is 5.11 Å². The molecule has 0 atom stereocenters. The van der Waals surface area contributed by atoms with Gasteiger partial charge in [0, 0.05) is 25.4 Å². The topological polar surface area (TPSA) is 94.6 Å². The summed E-state index contributed by atoms with van der Waals surface area (Å²) in [6, 6.07) is 8.34. The summed E-state index contributed by atoms with van der Waals surface area (Å²) >= 11 is 0. The van der Waals surface area contributed by atoms with E-state index in [9.17, 15) is 18.4 Å². The number of nitrogens with zero attached hydrogens (tertiary/aromatic N) is 2. The lowest BCUT2D eigenvalue weighted by Crippen LogP contribution is -2.47. The molecule has 9 heteroatoms. The number of hydrogen-bond donors (Lipinski definition) is 3. The van der Waals surface area contributed by atoms with E-state index >= 15 is 0 Å². The molecule has 4 rings (SSSR count). The number of hydrogen-bond acceptors (Lipinski definition) is 4. The van der Waals surface area contributed by atoms with Gasteiger partial charge in [0.15, 0.2) is 0 Å². The number of aliphatic hydroxyl groups excluding tert-OH is 1. The number of aliphatic hydroxyl groups is 1. The summed E-state index contributed by atoms with van der Waals surface area (Å²) in [5.74, 6) is -1.07. The molecule has 3 N–H and O–H groups in total. The second-order valence-electron chi connectivity index (χ2n) is 6.34. The summed E-state index contributed by atoms with van der Waals surface area (Å²) in [6.45, 7) is 3.11. The SMILES string of the molecule is CCN1C(=O)Nc2cccnc2C12CC2.Fc1cccc(F)c1.O=CNCCO. The Hall–Kier alpha value is -3.07. The molecule has 1 aliphatic carbocycles. The molecule has 0 radical (unpaired) electrons. The molecular weight excluding hydrogens is 382 g/mol. The van der Waals surface area contributed by atoms with E-state index in [1.807, 2.05) is 24.0 Å². The molecule has 1 aliphatic heterocycles. The minimum absolute atomic E-state index is 0.00972. The van der Waals surface area contributed by atoms with Crippen LogP contribution in [0.1, 0.15) is 25.5 Å².